The summed E-state index contributed by atoms with van der Waals surface area (Å²) in [5.41, 5.74) is 7.43. The number of ether oxygens (including phenoxy) is 1. The summed E-state index contributed by atoms with van der Waals surface area (Å²) in [6, 6.07) is 11.5. The van der Waals surface area contributed by atoms with Gasteiger partial charge in [0.25, 0.3) is 0 Å². The van der Waals surface area contributed by atoms with Crippen molar-refractivity contribution in [3.8, 4) is 5.75 Å². The number of anilines is 3. The van der Waals surface area contributed by atoms with Gasteiger partial charge in [0.2, 0.25) is 5.91 Å². The van der Waals surface area contributed by atoms with E-state index in [1.165, 1.54) is 12.1 Å². The van der Waals surface area contributed by atoms with Gasteiger partial charge in [-0.2, -0.15) is 0 Å². The van der Waals surface area contributed by atoms with Crippen molar-refractivity contribution in [3.05, 3.63) is 48.3 Å². The van der Waals surface area contributed by atoms with Gasteiger partial charge >= 0.3 is 0 Å². The van der Waals surface area contributed by atoms with Crippen molar-refractivity contribution in [2.45, 2.75) is 19.4 Å². The first-order chi connectivity index (χ1) is 11.6. The Bertz CT molecular complexity index is 751. The van der Waals surface area contributed by atoms with Crippen LogP contribution in [0.1, 0.15) is 13.3 Å². The third-order valence-electron chi connectivity index (χ3n) is 3.98. The second-order valence-electron chi connectivity index (χ2n) is 5.78. The van der Waals surface area contributed by atoms with Crippen LogP contribution in [0.15, 0.2) is 42.5 Å². The fourth-order valence-corrected chi connectivity index (χ4v) is 2.74. The standard InChI is InChI=1S/C18H20FN3O2/c1-2-13-10-22(16-8-7-12(20)9-17(16)24-13)11-18(23)21-15-6-4-3-5-14(15)19/h3-9,13H,2,10-11,20H2,1H3,(H,21,23). The average molecular weight is 329 g/mol. The monoisotopic (exact) mass is 329 g/mol. The number of hydrogen-bond acceptors (Lipinski definition) is 4. The Morgan fingerprint density at radius 2 is 2.17 bits per heavy atom. The van der Waals surface area contributed by atoms with Crippen LogP contribution in [0.4, 0.5) is 21.5 Å². The molecule has 1 aliphatic rings. The molecule has 1 aliphatic heterocycles. The van der Waals surface area contributed by atoms with Gasteiger partial charge in [0.05, 0.1) is 24.5 Å². The Labute approximate surface area is 140 Å². The predicted molar refractivity (Wildman–Crippen MR) is 92.8 cm³/mol. The van der Waals surface area contributed by atoms with Crippen LogP contribution < -0.4 is 20.7 Å². The predicted octanol–water partition coefficient (Wildman–Crippen LogP) is 3.02. The second-order valence-corrected chi connectivity index (χ2v) is 5.78. The van der Waals surface area contributed by atoms with E-state index in [9.17, 15) is 9.18 Å². The number of para-hydroxylation sites is 1. The van der Waals surface area contributed by atoms with E-state index < -0.39 is 5.82 Å². The summed E-state index contributed by atoms with van der Waals surface area (Å²) in [6.45, 7) is 2.74. The third kappa shape index (κ3) is 3.42. The van der Waals surface area contributed by atoms with Crippen LogP contribution in [0, 0.1) is 5.82 Å². The lowest BCUT2D eigenvalue weighted by atomic mass is 10.1. The normalized spacial score (nSPS) is 16.2. The number of nitrogens with two attached hydrogens (primary N) is 1. The molecule has 3 rings (SSSR count). The molecular formula is C18H20FN3O2. The summed E-state index contributed by atoms with van der Waals surface area (Å²) in [5.74, 6) is -0.0566. The maximum atomic E-state index is 13.7. The summed E-state index contributed by atoms with van der Waals surface area (Å²) in [4.78, 5) is 14.3. The molecule has 0 radical (unpaired) electrons. The number of fused-ring (bicyclic) bond motifs is 1. The molecule has 126 valence electrons. The number of carbonyl (C=O) groups is 1. The van der Waals surface area contributed by atoms with E-state index in [1.807, 2.05) is 17.9 Å². The van der Waals surface area contributed by atoms with E-state index in [-0.39, 0.29) is 24.2 Å². The minimum atomic E-state index is -0.451. The fourth-order valence-electron chi connectivity index (χ4n) is 2.74. The zero-order chi connectivity index (χ0) is 17.1. The number of hydrogen-bond donors (Lipinski definition) is 2. The molecule has 1 unspecified atom stereocenters. The molecule has 0 saturated carbocycles. The van der Waals surface area contributed by atoms with Gasteiger partial charge in [-0.1, -0.05) is 19.1 Å². The Hall–Kier alpha value is -2.76. The molecule has 0 spiro atoms. The summed E-state index contributed by atoms with van der Waals surface area (Å²) in [6.07, 6.45) is 0.806. The first kappa shape index (κ1) is 16.1. The van der Waals surface area contributed by atoms with Crippen molar-refractivity contribution in [1.29, 1.82) is 0 Å². The zero-order valence-electron chi connectivity index (χ0n) is 13.5. The molecule has 6 heteroatoms. The molecule has 1 heterocycles. The van der Waals surface area contributed by atoms with E-state index >= 15 is 0 Å². The summed E-state index contributed by atoms with van der Waals surface area (Å²) >= 11 is 0. The first-order valence-corrected chi connectivity index (χ1v) is 7.92. The summed E-state index contributed by atoms with van der Waals surface area (Å²) in [7, 11) is 0. The molecule has 0 bridgehead atoms. The number of nitrogens with zero attached hydrogens (tertiary/aromatic N) is 1. The van der Waals surface area contributed by atoms with E-state index in [4.69, 9.17) is 10.5 Å². The maximum absolute atomic E-state index is 13.7. The Morgan fingerprint density at radius 3 is 2.92 bits per heavy atom. The number of halogens is 1. The van der Waals surface area contributed by atoms with Gasteiger partial charge in [-0.3, -0.25) is 4.79 Å². The third-order valence-corrected chi connectivity index (χ3v) is 3.98. The molecule has 2 aromatic carbocycles. The molecule has 2 aromatic rings. The van der Waals surface area contributed by atoms with E-state index in [0.29, 0.717) is 18.0 Å². The highest BCUT2D eigenvalue weighted by Gasteiger charge is 2.26. The molecule has 5 nitrogen and oxygen atoms in total. The lowest BCUT2D eigenvalue weighted by Crippen LogP contribution is -2.43. The van der Waals surface area contributed by atoms with Gasteiger partial charge < -0.3 is 20.7 Å². The molecule has 24 heavy (non-hydrogen) atoms. The number of rotatable bonds is 4. The largest absolute Gasteiger partial charge is 0.486 e. The first-order valence-electron chi connectivity index (χ1n) is 7.92. The maximum Gasteiger partial charge on any atom is 0.243 e. The van der Waals surface area contributed by atoms with E-state index in [0.717, 1.165) is 12.1 Å². The molecular weight excluding hydrogens is 309 g/mol. The smallest absolute Gasteiger partial charge is 0.243 e. The summed E-state index contributed by atoms with van der Waals surface area (Å²) in [5, 5.41) is 2.61. The number of carbonyl (C=O) groups excluding carboxylic acids is 1. The quantitative estimate of drug-likeness (QED) is 0.846. The van der Waals surface area contributed by atoms with Crippen molar-refractivity contribution in [3.63, 3.8) is 0 Å². The lowest BCUT2D eigenvalue weighted by molar-refractivity contribution is -0.115. The highest BCUT2D eigenvalue weighted by molar-refractivity contribution is 5.94. The number of benzene rings is 2. The van der Waals surface area contributed by atoms with Gasteiger partial charge in [0, 0.05) is 11.8 Å². The number of amides is 1. The molecule has 0 aromatic heterocycles. The molecule has 0 aliphatic carbocycles. The van der Waals surface area contributed by atoms with Crippen LogP contribution in [-0.4, -0.2) is 25.1 Å². The molecule has 1 atom stereocenters. The number of nitrogens with one attached hydrogen (secondary N) is 1. The number of nitrogen functional groups attached to an aromatic ring is 1. The molecule has 1 amide bonds. The Kier molecular flexibility index (Phi) is 4.55. The Morgan fingerprint density at radius 1 is 1.38 bits per heavy atom. The highest BCUT2D eigenvalue weighted by atomic mass is 19.1. The van der Waals surface area contributed by atoms with Crippen molar-refractivity contribution in [2.75, 3.05) is 29.0 Å². The minimum Gasteiger partial charge on any atom is -0.486 e. The van der Waals surface area contributed by atoms with Crippen molar-refractivity contribution < 1.29 is 13.9 Å². The van der Waals surface area contributed by atoms with Crippen LogP contribution >= 0.6 is 0 Å². The zero-order valence-corrected chi connectivity index (χ0v) is 13.5. The fraction of sp³-hybridized carbons (Fsp3) is 0.278. The van der Waals surface area contributed by atoms with Gasteiger partial charge in [-0.25, -0.2) is 4.39 Å². The second kappa shape index (κ2) is 6.78. The topological polar surface area (TPSA) is 67.6 Å². The van der Waals surface area contributed by atoms with Crippen LogP contribution in [0.5, 0.6) is 5.75 Å². The Balaban J connectivity index is 1.77. The van der Waals surface area contributed by atoms with Gasteiger partial charge in [0.15, 0.2) is 0 Å². The SMILES string of the molecule is CCC1CN(CC(=O)Nc2ccccc2F)c2ccc(N)cc2O1. The summed E-state index contributed by atoms with van der Waals surface area (Å²) < 4.78 is 19.6. The molecule has 3 N–H and O–H groups in total. The van der Waals surface area contributed by atoms with Crippen molar-refractivity contribution in [2.24, 2.45) is 0 Å². The average Bonchev–Trinajstić information content (AvgIpc) is 2.56. The van der Waals surface area contributed by atoms with Crippen molar-refractivity contribution in [1.82, 2.24) is 0 Å². The van der Waals surface area contributed by atoms with E-state index in [1.54, 1.807) is 24.3 Å². The van der Waals surface area contributed by atoms with Crippen LogP contribution in [0.2, 0.25) is 0 Å². The van der Waals surface area contributed by atoms with Gasteiger partial charge in [0.1, 0.15) is 17.7 Å². The van der Waals surface area contributed by atoms with Gasteiger partial charge in [-0.05, 0) is 30.7 Å². The van der Waals surface area contributed by atoms with Crippen molar-refractivity contribution >= 4 is 23.0 Å². The van der Waals surface area contributed by atoms with E-state index in [2.05, 4.69) is 5.32 Å². The highest BCUT2D eigenvalue weighted by Crippen LogP contribution is 2.35. The molecule has 0 saturated heterocycles. The minimum absolute atomic E-state index is 0.0134. The lowest BCUT2D eigenvalue weighted by Gasteiger charge is -2.35. The molecule has 0 fully saturated rings. The van der Waals surface area contributed by atoms with Crippen LogP contribution in [0.3, 0.4) is 0 Å². The van der Waals surface area contributed by atoms with Gasteiger partial charge in [-0.15, -0.1) is 0 Å². The van der Waals surface area contributed by atoms with Crippen LogP contribution in [0.25, 0.3) is 0 Å². The van der Waals surface area contributed by atoms with Crippen LogP contribution in [-0.2, 0) is 4.79 Å².